The van der Waals surface area contributed by atoms with Gasteiger partial charge < -0.3 is 8.98 Å². The maximum atomic E-state index is 6.35. The summed E-state index contributed by atoms with van der Waals surface area (Å²) in [6, 6.07) is 49.4. The quantitative estimate of drug-likeness (QED) is 0.185. The van der Waals surface area contributed by atoms with Gasteiger partial charge in [0.1, 0.15) is 19.2 Å². The summed E-state index contributed by atoms with van der Waals surface area (Å²) in [6.07, 6.45) is 0. The van der Waals surface area contributed by atoms with Crippen LogP contribution >= 0.6 is 0 Å². The standard InChI is InChI=1S/C42H29N3OSi/c1-47(2)36-22-11-8-19-32(36)38-39(26-13-4-3-5-14-26)43-41(44-42(38)47)27-15-12-16-28(25-27)45-33-20-9-6-17-29(33)30-23-24-35-37(40(30)45)31-18-7-10-21-34(31)46-35/h3-25H,1-2H3. The van der Waals surface area contributed by atoms with Gasteiger partial charge in [-0.25, -0.2) is 9.97 Å². The predicted molar refractivity (Wildman–Crippen MR) is 197 cm³/mol. The highest BCUT2D eigenvalue weighted by Crippen LogP contribution is 2.41. The first-order chi connectivity index (χ1) is 23.1. The molecule has 5 heteroatoms. The van der Waals surface area contributed by atoms with E-state index in [-0.39, 0.29) is 0 Å². The van der Waals surface area contributed by atoms with Gasteiger partial charge in [0.2, 0.25) is 0 Å². The van der Waals surface area contributed by atoms with E-state index in [4.69, 9.17) is 14.4 Å². The minimum Gasteiger partial charge on any atom is -0.456 e. The maximum Gasteiger partial charge on any atom is 0.159 e. The normalized spacial score (nSPS) is 13.5. The lowest BCUT2D eigenvalue weighted by molar-refractivity contribution is 0.669. The van der Waals surface area contributed by atoms with Gasteiger partial charge in [-0.05, 0) is 47.1 Å². The average Bonchev–Trinajstić information content (AvgIpc) is 3.74. The number of furan rings is 1. The van der Waals surface area contributed by atoms with Crippen molar-refractivity contribution in [3.05, 3.63) is 140 Å². The Morgan fingerprint density at radius 3 is 2.23 bits per heavy atom. The summed E-state index contributed by atoms with van der Waals surface area (Å²) < 4.78 is 8.74. The van der Waals surface area contributed by atoms with Crippen molar-refractivity contribution in [3.8, 4) is 39.5 Å². The van der Waals surface area contributed by atoms with Crippen LogP contribution in [0.2, 0.25) is 13.1 Å². The minimum atomic E-state index is -2.06. The van der Waals surface area contributed by atoms with Crippen LogP contribution in [-0.2, 0) is 0 Å². The Balaban J connectivity index is 1.25. The van der Waals surface area contributed by atoms with E-state index in [1.807, 2.05) is 12.1 Å². The zero-order valence-corrected chi connectivity index (χ0v) is 27.0. The van der Waals surface area contributed by atoms with Gasteiger partial charge in [-0.3, -0.25) is 0 Å². The van der Waals surface area contributed by atoms with Gasteiger partial charge >= 0.3 is 0 Å². The summed E-state index contributed by atoms with van der Waals surface area (Å²) in [4.78, 5) is 10.8. The Hall–Kier alpha value is -5.78. The molecule has 47 heavy (non-hydrogen) atoms. The molecule has 9 aromatic rings. The highest BCUT2D eigenvalue weighted by molar-refractivity contribution is 7.03. The van der Waals surface area contributed by atoms with Gasteiger partial charge in [-0.2, -0.15) is 0 Å². The zero-order chi connectivity index (χ0) is 31.3. The average molecular weight is 620 g/mol. The molecule has 3 aromatic heterocycles. The smallest absolute Gasteiger partial charge is 0.159 e. The van der Waals surface area contributed by atoms with Crippen molar-refractivity contribution in [2.45, 2.75) is 13.1 Å². The molecule has 6 aromatic carbocycles. The van der Waals surface area contributed by atoms with Gasteiger partial charge in [0.15, 0.2) is 5.82 Å². The van der Waals surface area contributed by atoms with E-state index in [1.54, 1.807) is 0 Å². The van der Waals surface area contributed by atoms with Crippen LogP contribution in [0, 0.1) is 0 Å². The predicted octanol–water partition coefficient (Wildman–Crippen LogP) is 9.61. The second kappa shape index (κ2) is 9.61. The SMILES string of the molecule is C[Si]1(C)c2ccccc2-c2c(-c3ccccc3)nc(-c3cccc(-n4c5ccccc5c5ccc6oc7ccccc7c6c54)c3)nc21. The van der Waals surface area contributed by atoms with Crippen molar-refractivity contribution in [2.24, 2.45) is 0 Å². The highest BCUT2D eigenvalue weighted by atomic mass is 28.3. The van der Waals surface area contributed by atoms with Crippen LogP contribution < -0.4 is 10.5 Å². The number of aromatic nitrogens is 3. The van der Waals surface area contributed by atoms with Crippen LogP contribution in [0.3, 0.4) is 0 Å². The van der Waals surface area contributed by atoms with Crippen LogP contribution in [0.15, 0.2) is 144 Å². The molecule has 0 N–H and O–H groups in total. The fourth-order valence-corrected chi connectivity index (χ4v) is 10.7. The zero-order valence-electron chi connectivity index (χ0n) is 26.0. The summed E-state index contributed by atoms with van der Waals surface area (Å²) in [5.74, 6) is 0.762. The Morgan fingerprint density at radius 1 is 0.596 bits per heavy atom. The summed E-state index contributed by atoms with van der Waals surface area (Å²) in [7, 11) is -2.06. The van der Waals surface area contributed by atoms with Gasteiger partial charge in [-0.1, -0.05) is 116 Å². The Labute approximate surface area is 272 Å². The molecule has 4 nitrogen and oxygen atoms in total. The summed E-state index contributed by atoms with van der Waals surface area (Å²) >= 11 is 0. The fraction of sp³-hybridized carbons (Fsp3) is 0.0476. The fourth-order valence-electron chi connectivity index (χ4n) is 7.79. The first kappa shape index (κ1) is 26.4. The topological polar surface area (TPSA) is 43.9 Å². The Kier molecular flexibility index (Phi) is 5.41. The lowest BCUT2D eigenvalue weighted by Gasteiger charge is -2.19. The first-order valence-electron chi connectivity index (χ1n) is 16.1. The van der Waals surface area contributed by atoms with Crippen molar-refractivity contribution >= 4 is 62.3 Å². The molecule has 222 valence electrons. The van der Waals surface area contributed by atoms with Gasteiger partial charge in [-0.15, -0.1) is 0 Å². The van der Waals surface area contributed by atoms with E-state index < -0.39 is 8.07 Å². The van der Waals surface area contributed by atoms with Crippen molar-refractivity contribution in [2.75, 3.05) is 0 Å². The van der Waals surface area contributed by atoms with E-state index in [2.05, 4.69) is 145 Å². The molecule has 0 fully saturated rings. The van der Waals surface area contributed by atoms with Crippen molar-refractivity contribution < 1.29 is 4.42 Å². The monoisotopic (exact) mass is 619 g/mol. The number of benzene rings is 6. The molecule has 0 atom stereocenters. The maximum absolute atomic E-state index is 6.35. The van der Waals surface area contributed by atoms with E-state index in [0.29, 0.717) is 0 Å². The number of hydrogen-bond acceptors (Lipinski definition) is 3. The minimum absolute atomic E-state index is 0.762. The summed E-state index contributed by atoms with van der Waals surface area (Å²) in [5.41, 5.74) is 10.7. The number of rotatable bonds is 3. The summed E-state index contributed by atoms with van der Waals surface area (Å²) in [6.45, 7) is 4.83. The van der Waals surface area contributed by atoms with E-state index in [9.17, 15) is 0 Å². The van der Waals surface area contributed by atoms with E-state index in [1.165, 1.54) is 32.4 Å². The molecule has 1 aliphatic heterocycles. The Morgan fingerprint density at radius 2 is 1.34 bits per heavy atom. The molecule has 4 heterocycles. The lowest BCUT2D eigenvalue weighted by Crippen LogP contribution is -2.50. The van der Waals surface area contributed by atoms with Crippen LogP contribution in [0.5, 0.6) is 0 Å². The largest absolute Gasteiger partial charge is 0.456 e. The molecule has 1 aliphatic rings. The number of fused-ring (bicyclic) bond motifs is 10. The van der Waals surface area contributed by atoms with E-state index in [0.717, 1.165) is 61.3 Å². The summed E-state index contributed by atoms with van der Waals surface area (Å²) in [5, 5.41) is 7.30. The molecule has 0 amide bonds. The van der Waals surface area contributed by atoms with Gasteiger partial charge in [0, 0.05) is 43.9 Å². The second-order valence-electron chi connectivity index (χ2n) is 13.0. The van der Waals surface area contributed by atoms with Crippen molar-refractivity contribution in [1.29, 1.82) is 0 Å². The molecule has 0 spiro atoms. The third kappa shape index (κ3) is 3.69. The van der Waals surface area contributed by atoms with Crippen LogP contribution in [0.4, 0.5) is 0 Å². The van der Waals surface area contributed by atoms with Gasteiger partial charge in [0.05, 0.1) is 22.1 Å². The molecule has 0 saturated heterocycles. The second-order valence-corrected chi connectivity index (χ2v) is 17.3. The molecule has 0 unspecified atom stereocenters. The molecular weight excluding hydrogens is 591 g/mol. The molecule has 0 saturated carbocycles. The number of hydrogen-bond donors (Lipinski definition) is 0. The van der Waals surface area contributed by atoms with Crippen molar-refractivity contribution in [1.82, 2.24) is 14.5 Å². The molecule has 0 radical (unpaired) electrons. The van der Waals surface area contributed by atoms with Gasteiger partial charge in [0.25, 0.3) is 0 Å². The first-order valence-corrected chi connectivity index (χ1v) is 19.1. The molecule has 0 bridgehead atoms. The molecule has 10 rings (SSSR count). The van der Waals surface area contributed by atoms with Crippen LogP contribution in [-0.4, -0.2) is 22.6 Å². The third-order valence-corrected chi connectivity index (χ3v) is 13.3. The Bertz CT molecular complexity index is 2720. The van der Waals surface area contributed by atoms with Crippen LogP contribution in [0.25, 0.3) is 83.2 Å². The number of nitrogens with zero attached hydrogens (tertiary/aromatic N) is 3. The van der Waals surface area contributed by atoms with E-state index >= 15 is 0 Å². The molecular formula is C42H29N3OSi. The van der Waals surface area contributed by atoms with Crippen molar-refractivity contribution in [3.63, 3.8) is 0 Å². The molecule has 0 aliphatic carbocycles. The highest BCUT2D eigenvalue weighted by Gasteiger charge is 2.41. The third-order valence-electron chi connectivity index (χ3n) is 9.96. The number of para-hydroxylation sites is 2. The lowest BCUT2D eigenvalue weighted by atomic mass is 10.0. The van der Waals surface area contributed by atoms with Crippen LogP contribution in [0.1, 0.15) is 0 Å².